The zero-order chi connectivity index (χ0) is 24.1. The number of aromatic nitrogens is 1. The third-order valence-corrected chi connectivity index (χ3v) is 5.85. The standard InChI is InChI=1S/C24H19F2N3O4S/c25-15-7-8-17(26)19(11-15)28-22(30)13-33-24(32)20(29-23(31)21-6-3-9-34-21)10-14-12-27-18-5-2-1-4-16(14)18/h1-9,11-12,20,27H,10,13H2,(H,28,30)(H,29,31). The molecule has 2 heterocycles. The number of benzene rings is 2. The number of hydrogen-bond acceptors (Lipinski definition) is 5. The lowest BCUT2D eigenvalue weighted by molar-refractivity contribution is -0.149. The average Bonchev–Trinajstić information content (AvgIpc) is 3.50. The van der Waals surface area contributed by atoms with E-state index in [0.29, 0.717) is 4.88 Å². The Morgan fingerprint density at radius 3 is 2.68 bits per heavy atom. The number of hydrogen-bond donors (Lipinski definition) is 3. The molecule has 7 nitrogen and oxygen atoms in total. The van der Waals surface area contributed by atoms with Crippen LogP contribution in [0.1, 0.15) is 15.2 Å². The van der Waals surface area contributed by atoms with E-state index < -0.39 is 42.1 Å². The van der Waals surface area contributed by atoms with Gasteiger partial charge in [0.05, 0.1) is 10.6 Å². The third kappa shape index (κ3) is 5.46. The van der Waals surface area contributed by atoms with Gasteiger partial charge in [0.1, 0.15) is 17.7 Å². The van der Waals surface area contributed by atoms with E-state index in [1.807, 2.05) is 24.3 Å². The van der Waals surface area contributed by atoms with Crippen LogP contribution in [0.5, 0.6) is 0 Å². The first kappa shape index (κ1) is 23.1. The second-order valence-corrected chi connectivity index (χ2v) is 8.29. The quantitative estimate of drug-likeness (QED) is 0.330. The maximum atomic E-state index is 13.7. The molecule has 2 aromatic carbocycles. The average molecular weight is 483 g/mol. The Balaban J connectivity index is 1.46. The van der Waals surface area contributed by atoms with Gasteiger partial charge in [0.15, 0.2) is 6.61 Å². The van der Waals surface area contributed by atoms with Crippen LogP contribution in [0.3, 0.4) is 0 Å². The van der Waals surface area contributed by atoms with Crippen molar-refractivity contribution in [2.24, 2.45) is 0 Å². The molecule has 2 aromatic heterocycles. The van der Waals surface area contributed by atoms with Crippen molar-refractivity contribution in [1.82, 2.24) is 10.3 Å². The maximum absolute atomic E-state index is 13.7. The summed E-state index contributed by atoms with van der Waals surface area (Å²) in [5, 5.41) is 7.42. The Labute approximate surface area is 196 Å². The van der Waals surface area contributed by atoms with E-state index in [2.05, 4.69) is 15.6 Å². The molecule has 1 unspecified atom stereocenters. The summed E-state index contributed by atoms with van der Waals surface area (Å²) in [5.74, 6) is -3.72. The van der Waals surface area contributed by atoms with E-state index in [-0.39, 0.29) is 12.1 Å². The third-order valence-electron chi connectivity index (χ3n) is 4.98. The minimum Gasteiger partial charge on any atom is -0.454 e. The van der Waals surface area contributed by atoms with E-state index in [1.54, 1.807) is 23.7 Å². The number of amides is 2. The molecule has 0 aliphatic carbocycles. The van der Waals surface area contributed by atoms with Crippen molar-refractivity contribution >= 4 is 45.7 Å². The number of carbonyl (C=O) groups excluding carboxylic acids is 3. The fraction of sp³-hybridized carbons (Fsp3) is 0.125. The lowest BCUT2D eigenvalue weighted by Crippen LogP contribution is -2.43. The topological polar surface area (TPSA) is 100 Å². The van der Waals surface area contributed by atoms with Gasteiger partial charge >= 0.3 is 5.97 Å². The lowest BCUT2D eigenvalue weighted by Gasteiger charge is -2.17. The highest BCUT2D eigenvalue weighted by Crippen LogP contribution is 2.20. The first-order valence-electron chi connectivity index (χ1n) is 10.2. The Morgan fingerprint density at radius 2 is 1.88 bits per heavy atom. The minimum atomic E-state index is -1.09. The number of thiophene rings is 1. The summed E-state index contributed by atoms with van der Waals surface area (Å²) in [5.41, 5.74) is 1.27. The van der Waals surface area contributed by atoms with Gasteiger partial charge in [-0.2, -0.15) is 0 Å². The van der Waals surface area contributed by atoms with Gasteiger partial charge < -0.3 is 20.4 Å². The van der Waals surface area contributed by atoms with Gasteiger partial charge in [0, 0.05) is 29.6 Å². The van der Waals surface area contributed by atoms with Crippen LogP contribution in [0, 0.1) is 11.6 Å². The second-order valence-electron chi connectivity index (χ2n) is 7.35. The zero-order valence-electron chi connectivity index (χ0n) is 17.6. The monoisotopic (exact) mass is 483 g/mol. The van der Waals surface area contributed by atoms with Crippen molar-refractivity contribution in [1.29, 1.82) is 0 Å². The molecular formula is C24H19F2N3O4S. The molecule has 0 radical (unpaired) electrons. The summed E-state index contributed by atoms with van der Waals surface area (Å²) in [7, 11) is 0. The minimum absolute atomic E-state index is 0.111. The van der Waals surface area contributed by atoms with Crippen LogP contribution in [-0.4, -0.2) is 35.4 Å². The fourth-order valence-corrected chi connectivity index (χ4v) is 3.99. The predicted molar refractivity (Wildman–Crippen MR) is 124 cm³/mol. The summed E-state index contributed by atoms with van der Waals surface area (Å²) >= 11 is 1.22. The first-order chi connectivity index (χ1) is 16.4. The number of anilines is 1. The molecule has 0 aliphatic heterocycles. The van der Waals surface area contributed by atoms with Gasteiger partial charge in [-0.15, -0.1) is 11.3 Å². The molecule has 0 saturated heterocycles. The van der Waals surface area contributed by atoms with Crippen LogP contribution < -0.4 is 10.6 Å². The van der Waals surface area contributed by atoms with Crippen LogP contribution in [0.25, 0.3) is 10.9 Å². The smallest absolute Gasteiger partial charge is 0.329 e. The highest BCUT2D eigenvalue weighted by molar-refractivity contribution is 7.12. The van der Waals surface area contributed by atoms with Gasteiger partial charge in [-0.3, -0.25) is 9.59 Å². The number of para-hydroxylation sites is 1. The summed E-state index contributed by atoms with van der Waals surface area (Å²) in [6, 6.07) is 12.3. The van der Waals surface area contributed by atoms with Crippen LogP contribution in [0.2, 0.25) is 0 Å². The molecule has 1 atom stereocenters. The van der Waals surface area contributed by atoms with Gasteiger partial charge in [0.25, 0.3) is 11.8 Å². The van der Waals surface area contributed by atoms with E-state index in [0.717, 1.165) is 34.7 Å². The number of rotatable bonds is 8. The van der Waals surface area contributed by atoms with E-state index >= 15 is 0 Å². The van der Waals surface area contributed by atoms with E-state index in [9.17, 15) is 23.2 Å². The number of esters is 1. The van der Waals surface area contributed by atoms with Crippen LogP contribution >= 0.6 is 11.3 Å². The number of aromatic amines is 1. The Kier molecular flexibility index (Phi) is 6.98. The second kappa shape index (κ2) is 10.3. The van der Waals surface area contributed by atoms with E-state index in [4.69, 9.17) is 4.74 Å². The number of fused-ring (bicyclic) bond motifs is 1. The zero-order valence-corrected chi connectivity index (χ0v) is 18.5. The normalized spacial score (nSPS) is 11.7. The molecule has 3 N–H and O–H groups in total. The summed E-state index contributed by atoms with van der Waals surface area (Å²) in [6.45, 7) is -0.742. The molecule has 0 saturated carbocycles. The van der Waals surface area contributed by atoms with Crippen molar-refractivity contribution in [3.05, 3.63) is 88.2 Å². The highest BCUT2D eigenvalue weighted by atomic mass is 32.1. The van der Waals surface area contributed by atoms with Gasteiger partial charge in [-0.1, -0.05) is 24.3 Å². The fourth-order valence-electron chi connectivity index (χ4n) is 3.37. The molecule has 2 amide bonds. The number of ether oxygens (including phenoxy) is 1. The number of halogens is 2. The molecule has 4 aromatic rings. The number of carbonyl (C=O) groups is 3. The predicted octanol–water partition coefficient (Wildman–Crippen LogP) is 4.03. The Hall–Kier alpha value is -4.05. The van der Waals surface area contributed by atoms with Crippen molar-refractivity contribution in [3.8, 4) is 0 Å². The molecule has 174 valence electrons. The van der Waals surface area contributed by atoms with E-state index in [1.165, 1.54) is 11.3 Å². The van der Waals surface area contributed by atoms with Crippen LogP contribution in [0.15, 0.2) is 66.2 Å². The summed E-state index contributed by atoms with van der Waals surface area (Å²) in [4.78, 5) is 41.1. The van der Waals surface area contributed by atoms with Crippen molar-refractivity contribution < 1.29 is 27.9 Å². The van der Waals surface area contributed by atoms with Crippen molar-refractivity contribution in [2.75, 3.05) is 11.9 Å². The molecule has 10 heteroatoms. The van der Waals surface area contributed by atoms with Crippen molar-refractivity contribution in [3.63, 3.8) is 0 Å². The molecule has 0 bridgehead atoms. The Morgan fingerprint density at radius 1 is 1.06 bits per heavy atom. The number of nitrogens with one attached hydrogen (secondary N) is 3. The summed E-state index contributed by atoms with van der Waals surface area (Å²) < 4.78 is 32.1. The molecule has 0 fully saturated rings. The highest BCUT2D eigenvalue weighted by Gasteiger charge is 2.26. The molecular weight excluding hydrogens is 464 g/mol. The largest absolute Gasteiger partial charge is 0.454 e. The van der Waals surface area contributed by atoms with Crippen LogP contribution in [-0.2, 0) is 20.7 Å². The first-order valence-corrected chi connectivity index (χ1v) is 11.1. The van der Waals surface area contributed by atoms with Gasteiger partial charge in [-0.05, 0) is 35.2 Å². The van der Waals surface area contributed by atoms with Gasteiger partial charge in [-0.25, -0.2) is 13.6 Å². The molecule has 4 rings (SSSR count). The molecule has 34 heavy (non-hydrogen) atoms. The Bertz CT molecular complexity index is 1340. The SMILES string of the molecule is O=C(COC(=O)C(Cc1c[nH]c2ccccc12)NC(=O)c1cccs1)Nc1cc(F)ccc1F. The molecule has 0 spiro atoms. The lowest BCUT2D eigenvalue weighted by atomic mass is 10.0. The van der Waals surface area contributed by atoms with Crippen LogP contribution in [0.4, 0.5) is 14.5 Å². The number of H-pyrrole nitrogens is 1. The van der Waals surface area contributed by atoms with Crippen molar-refractivity contribution in [2.45, 2.75) is 12.5 Å². The maximum Gasteiger partial charge on any atom is 0.329 e. The van der Waals surface area contributed by atoms with Gasteiger partial charge in [0.2, 0.25) is 0 Å². The molecule has 0 aliphatic rings. The summed E-state index contributed by atoms with van der Waals surface area (Å²) in [6.07, 6.45) is 1.85.